The molecule has 1 saturated heterocycles. The molecule has 152 valence electrons. The third-order valence-corrected chi connectivity index (χ3v) is 6.95. The van der Waals surface area contributed by atoms with Crippen LogP contribution in [0.4, 0.5) is 10.5 Å². The second-order valence-corrected chi connectivity index (χ2v) is 9.58. The Kier molecular flexibility index (Phi) is 6.06. The van der Waals surface area contributed by atoms with Crippen molar-refractivity contribution in [1.29, 1.82) is 0 Å². The lowest BCUT2D eigenvalue weighted by Crippen LogP contribution is -2.28. The number of nitrogens with zero attached hydrogens (tertiary/aromatic N) is 2. The Labute approximate surface area is 172 Å². The monoisotopic (exact) mass is 433 g/mol. The fourth-order valence-electron chi connectivity index (χ4n) is 2.65. The van der Waals surface area contributed by atoms with Crippen molar-refractivity contribution in [3.63, 3.8) is 0 Å². The summed E-state index contributed by atoms with van der Waals surface area (Å²) in [5.74, 6) is -0.496. The topological polar surface area (TPSA) is 104 Å². The summed E-state index contributed by atoms with van der Waals surface area (Å²) in [6.07, 6.45) is 0. The van der Waals surface area contributed by atoms with Gasteiger partial charge in [-0.25, -0.2) is 12.7 Å². The van der Waals surface area contributed by atoms with E-state index in [1.165, 1.54) is 38.4 Å². The van der Waals surface area contributed by atoms with E-state index < -0.39 is 10.0 Å². The van der Waals surface area contributed by atoms with Crippen molar-refractivity contribution in [2.75, 3.05) is 25.2 Å². The summed E-state index contributed by atoms with van der Waals surface area (Å²) >= 11 is 0.962. The molecular weight excluding hydrogens is 414 g/mol. The molecule has 0 bridgehead atoms. The van der Waals surface area contributed by atoms with Crippen LogP contribution in [-0.4, -0.2) is 54.5 Å². The first-order valence-corrected chi connectivity index (χ1v) is 11.0. The summed E-state index contributed by atoms with van der Waals surface area (Å²) in [6, 6.07) is 12.5. The average Bonchev–Trinajstić information content (AvgIpc) is 3.00. The van der Waals surface area contributed by atoms with Gasteiger partial charge in [0.25, 0.3) is 11.1 Å². The number of nitrogens with one attached hydrogen (secondary N) is 1. The highest BCUT2D eigenvalue weighted by Gasteiger charge is 2.29. The third kappa shape index (κ3) is 4.66. The summed E-state index contributed by atoms with van der Waals surface area (Å²) < 4.78 is 25.3. The highest BCUT2D eigenvalue weighted by molar-refractivity contribution is 8.14. The van der Waals surface area contributed by atoms with E-state index in [1.54, 1.807) is 24.3 Å². The van der Waals surface area contributed by atoms with Crippen LogP contribution in [0.2, 0.25) is 0 Å². The van der Waals surface area contributed by atoms with Crippen LogP contribution in [0.3, 0.4) is 0 Å². The molecule has 2 aromatic carbocycles. The maximum absolute atomic E-state index is 12.5. The fraction of sp³-hybridized carbons (Fsp3) is 0.211. The predicted molar refractivity (Wildman–Crippen MR) is 110 cm³/mol. The van der Waals surface area contributed by atoms with E-state index in [2.05, 4.69) is 5.32 Å². The molecule has 3 amide bonds. The molecule has 0 unspecified atom stereocenters. The second-order valence-electron chi connectivity index (χ2n) is 6.50. The Morgan fingerprint density at radius 2 is 1.83 bits per heavy atom. The lowest BCUT2D eigenvalue weighted by molar-refractivity contribution is -0.125. The first kappa shape index (κ1) is 21.0. The molecule has 0 aromatic heterocycles. The largest absolute Gasteiger partial charge is 0.322 e. The molecule has 8 nitrogen and oxygen atoms in total. The number of sulfonamides is 1. The van der Waals surface area contributed by atoms with Crippen molar-refractivity contribution in [3.05, 3.63) is 59.7 Å². The number of carbonyl (C=O) groups excluding carboxylic acids is 3. The molecule has 3 rings (SSSR count). The van der Waals surface area contributed by atoms with E-state index in [-0.39, 0.29) is 34.2 Å². The number of benzene rings is 2. The summed E-state index contributed by atoms with van der Waals surface area (Å²) in [4.78, 5) is 37.3. The smallest absolute Gasteiger partial charge is 0.289 e. The van der Waals surface area contributed by atoms with Gasteiger partial charge < -0.3 is 5.32 Å². The molecule has 1 fully saturated rings. The molecule has 1 aliphatic heterocycles. The Morgan fingerprint density at radius 1 is 1.14 bits per heavy atom. The molecule has 0 saturated carbocycles. The van der Waals surface area contributed by atoms with Gasteiger partial charge in [0.2, 0.25) is 15.9 Å². The molecule has 0 spiro atoms. The number of amides is 3. The molecular formula is C19H19N3O5S2. The number of hydrogen-bond donors (Lipinski definition) is 1. The van der Waals surface area contributed by atoms with Gasteiger partial charge in [-0.1, -0.05) is 23.9 Å². The van der Waals surface area contributed by atoms with Crippen LogP contribution >= 0.6 is 11.8 Å². The Balaban J connectivity index is 1.71. The lowest BCUT2D eigenvalue weighted by Gasteiger charge is -2.14. The minimum Gasteiger partial charge on any atom is -0.322 e. The molecule has 1 N–H and O–H groups in total. The Hall–Kier alpha value is -2.69. The van der Waals surface area contributed by atoms with Crippen molar-refractivity contribution in [2.24, 2.45) is 0 Å². The van der Waals surface area contributed by atoms with Crippen molar-refractivity contribution >= 4 is 44.5 Å². The summed E-state index contributed by atoms with van der Waals surface area (Å²) in [5, 5.41) is 2.41. The van der Waals surface area contributed by atoms with E-state index in [4.69, 9.17) is 0 Å². The molecule has 1 heterocycles. The molecule has 0 radical (unpaired) electrons. The molecule has 2 aromatic rings. The van der Waals surface area contributed by atoms with Gasteiger partial charge in [0.05, 0.1) is 17.2 Å². The van der Waals surface area contributed by atoms with E-state index >= 15 is 0 Å². The molecule has 29 heavy (non-hydrogen) atoms. The number of carbonyl (C=O) groups is 3. The first-order valence-electron chi connectivity index (χ1n) is 8.58. The van der Waals surface area contributed by atoms with Crippen LogP contribution in [0.1, 0.15) is 15.9 Å². The van der Waals surface area contributed by atoms with Gasteiger partial charge in [-0.2, -0.15) is 0 Å². The second kappa shape index (κ2) is 8.36. The predicted octanol–water partition coefficient (Wildman–Crippen LogP) is 2.38. The average molecular weight is 434 g/mol. The van der Waals surface area contributed by atoms with Crippen molar-refractivity contribution < 1.29 is 22.8 Å². The lowest BCUT2D eigenvalue weighted by atomic mass is 10.1. The van der Waals surface area contributed by atoms with Gasteiger partial charge in [0.15, 0.2) is 0 Å². The van der Waals surface area contributed by atoms with Gasteiger partial charge in [0.1, 0.15) is 0 Å². The van der Waals surface area contributed by atoms with Gasteiger partial charge in [-0.15, -0.1) is 0 Å². The van der Waals surface area contributed by atoms with Crippen LogP contribution < -0.4 is 5.32 Å². The summed E-state index contributed by atoms with van der Waals surface area (Å²) in [5.41, 5.74) is 1.47. The van der Waals surface area contributed by atoms with Crippen LogP contribution in [0.15, 0.2) is 53.4 Å². The van der Waals surface area contributed by atoms with E-state index in [0.29, 0.717) is 16.8 Å². The fourth-order valence-corrected chi connectivity index (χ4v) is 4.28. The quantitative estimate of drug-likeness (QED) is 0.750. The molecule has 10 heteroatoms. The van der Waals surface area contributed by atoms with Crippen LogP contribution in [0.5, 0.6) is 0 Å². The zero-order valence-corrected chi connectivity index (χ0v) is 17.4. The standard InChI is InChI=1S/C19H19N3O5S2/c1-21(2)29(26,27)16-8-6-15(7-9-16)20-18(24)14-5-3-4-13(10-14)11-22-17(23)12-28-19(22)25/h3-10H,11-12H2,1-2H3,(H,20,24). The van der Waals surface area contributed by atoms with Gasteiger partial charge in [-0.3, -0.25) is 19.3 Å². The number of imide groups is 1. The van der Waals surface area contributed by atoms with Crippen LogP contribution in [-0.2, 0) is 21.4 Å². The van der Waals surface area contributed by atoms with Crippen LogP contribution in [0.25, 0.3) is 0 Å². The number of anilines is 1. The number of thioether (sulfide) groups is 1. The highest BCUT2D eigenvalue weighted by atomic mass is 32.2. The minimum absolute atomic E-state index is 0.114. The normalized spacial score (nSPS) is 14.5. The summed E-state index contributed by atoms with van der Waals surface area (Å²) in [6.45, 7) is 0.114. The molecule has 1 aliphatic rings. The Bertz CT molecular complexity index is 1050. The van der Waals surface area contributed by atoms with Crippen molar-refractivity contribution in [3.8, 4) is 0 Å². The van der Waals surface area contributed by atoms with Crippen LogP contribution in [0, 0.1) is 0 Å². The van der Waals surface area contributed by atoms with E-state index in [0.717, 1.165) is 21.0 Å². The first-order chi connectivity index (χ1) is 13.7. The molecule has 0 atom stereocenters. The maximum atomic E-state index is 12.5. The van der Waals surface area contributed by atoms with Crippen molar-refractivity contribution in [2.45, 2.75) is 11.4 Å². The zero-order chi connectivity index (χ0) is 21.2. The van der Waals surface area contributed by atoms with Gasteiger partial charge >= 0.3 is 0 Å². The van der Waals surface area contributed by atoms with Gasteiger partial charge in [0, 0.05) is 25.3 Å². The number of rotatable bonds is 6. The Morgan fingerprint density at radius 3 is 2.41 bits per heavy atom. The maximum Gasteiger partial charge on any atom is 0.289 e. The van der Waals surface area contributed by atoms with E-state index in [1.807, 2.05) is 0 Å². The SMILES string of the molecule is CN(C)S(=O)(=O)c1ccc(NC(=O)c2cccc(CN3C(=O)CSC3=O)c2)cc1. The van der Waals surface area contributed by atoms with Crippen molar-refractivity contribution in [1.82, 2.24) is 9.21 Å². The minimum atomic E-state index is -3.54. The van der Waals surface area contributed by atoms with Gasteiger partial charge in [-0.05, 0) is 42.0 Å². The molecule has 0 aliphatic carbocycles. The number of hydrogen-bond acceptors (Lipinski definition) is 6. The highest BCUT2D eigenvalue weighted by Crippen LogP contribution is 2.22. The zero-order valence-electron chi connectivity index (χ0n) is 15.8. The summed E-state index contributed by atoms with van der Waals surface area (Å²) in [7, 11) is -0.652. The van der Waals surface area contributed by atoms with E-state index in [9.17, 15) is 22.8 Å². The third-order valence-electron chi connectivity index (χ3n) is 4.26.